The topological polar surface area (TPSA) is 71.8 Å². The Hall–Kier alpha value is -1.37. The Morgan fingerprint density at radius 3 is 3.00 bits per heavy atom. The SMILES string of the molecule is Nc1nc2c(c(=O)[nH]1)-c1cccc(I)c1CC2. The van der Waals surface area contributed by atoms with Gasteiger partial charge in [0.15, 0.2) is 0 Å². The third kappa shape index (κ3) is 1.65. The molecule has 5 heteroatoms. The zero-order chi connectivity index (χ0) is 12.0. The Bertz CT molecular complexity index is 663. The smallest absolute Gasteiger partial charge is 0.260 e. The van der Waals surface area contributed by atoms with Crippen LogP contribution in [0.4, 0.5) is 5.95 Å². The van der Waals surface area contributed by atoms with Crippen LogP contribution in [0.25, 0.3) is 11.1 Å². The van der Waals surface area contributed by atoms with E-state index in [4.69, 9.17) is 5.73 Å². The lowest BCUT2D eigenvalue weighted by atomic mass is 9.89. The standard InChI is InChI=1S/C12H10IN3O/c13-8-3-1-2-7-6(8)4-5-9-10(7)11(17)16-12(14)15-9/h1-3H,4-5H2,(H3,14,15,16,17). The van der Waals surface area contributed by atoms with Crippen molar-refractivity contribution in [1.29, 1.82) is 0 Å². The molecule has 17 heavy (non-hydrogen) atoms. The monoisotopic (exact) mass is 339 g/mol. The maximum Gasteiger partial charge on any atom is 0.260 e. The fourth-order valence-electron chi connectivity index (χ4n) is 2.29. The van der Waals surface area contributed by atoms with E-state index < -0.39 is 0 Å². The lowest BCUT2D eigenvalue weighted by molar-refractivity contribution is 0.876. The molecule has 0 saturated heterocycles. The number of benzene rings is 1. The van der Waals surface area contributed by atoms with Crippen molar-refractivity contribution >= 4 is 28.5 Å². The summed E-state index contributed by atoms with van der Waals surface area (Å²) in [5.41, 5.74) is 9.13. The van der Waals surface area contributed by atoms with E-state index in [1.807, 2.05) is 12.1 Å². The first-order valence-electron chi connectivity index (χ1n) is 5.33. The fraction of sp³-hybridized carbons (Fsp3) is 0.167. The van der Waals surface area contributed by atoms with E-state index in [0.717, 1.165) is 24.1 Å². The van der Waals surface area contributed by atoms with Crippen LogP contribution in [0.3, 0.4) is 0 Å². The van der Waals surface area contributed by atoms with Crippen molar-refractivity contribution in [3.63, 3.8) is 0 Å². The number of H-pyrrole nitrogens is 1. The number of rotatable bonds is 0. The molecule has 0 saturated carbocycles. The van der Waals surface area contributed by atoms with Crippen LogP contribution in [-0.2, 0) is 12.8 Å². The Labute approximate surface area is 111 Å². The highest BCUT2D eigenvalue weighted by atomic mass is 127. The molecule has 0 fully saturated rings. The number of nitrogens with zero attached hydrogens (tertiary/aromatic N) is 1. The Morgan fingerprint density at radius 1 is 1.35 bits per heavy atom. The summed E-state index contributed by atoms with van der Waals surface area (Å²) in [5.74, 6) is 0.197. The molecule has 1 aromatic carbocycles. The number of aromatic amines is 1. The number of halogens is 1. The molecule has 0 bridgehead atoms. The molecule has 3 rings (SSSR count). The third-order valence-corrected chi connectivity index (χ3v) is 4.02. The summed E-state index contributed by atoms with van der Waals surface area (Å²) in [6.07, 6.45) is 1.69. The molecule has 1 aliphatic rings. The van der Waals surface area contributed by atoms with E-state index in [1.165, 1.54) is 9.13 Å². The van der Waals surface area contributed by atoms with Gasteiger partial charge < -0.3 is 5.73 Å². The number of aryl methyl sites for hydroxylation is 1. The molecule has 3 N–H and O–H groups in total. The van der Waals surface area contributed by atoms with Crippen LogP contribution in [0.2, 0.25) is 0 Å². The van der Waals surface area contributed by atoms with E-state index in [1.54, 1.807) is 0 Å². The van der Waals surface area contributed by atoms with Gasteiger partial charge >= 0.3 is 0 Å². The lowest BCUT2D eigenvalue weighted by Gasteiger charge is -2.19. The zero-order valence-corrected chi connectivity index (χ0v) is 11.1. The highest BCUT2D eigenvalue weighted by molar-refractivity contribution is 14.1. The Morgan fingerprint density at radius 2 is 2.18 bits per heavy atom. The van der Waals surface area contributed by atoms with Crippen LogP contribution in [0.15, 0.2) is 23.0 Å². The van der Waals surface area contributed by atoms with Crippen molar-refractivity contribution in [2.75, 3.05) is 5.73 Å². The first-order chi connectivity index (χ1) is 8.16. The van der Waals surface area contributed by atoms with Gasteiger partial charge in [0, 0.05) is 3.57 Å². The molecule has 1 aliphatic carbocycles. The number of hydrogen-bond acceptors (Lipinski definition) is 3. The highest BCUT2D eigenvalue weighted by Gasteiger charge is 2.22. The van der Waals surface area contributed by atoms with Gasteiger partial charge in [-0.05, 0) is 52.6 Å². The summed E-state index contributed by atoms with van der Waals surface area (Å²) in [7, 11) is 0. The van der Waals surface area contributed by atoms with Gasteiger partial charge in [-0.2, -0.15) is 0 Å². The molecule has 0 amide bonds. The van der Waals surface area contributed by atoms with Gasteiger partial charge in [-0.15, -0.1) is 0 Å². The van der Waals surface area contributed by atoms with Gasteiger partial charge in [0.2, 0.25) is 5.95 Å². The number of nitrogens with one attached hydrogen (secondary N) is 1. The van der Waals surface area contributed by atoms with Crippen molar-refractivity contribution in [3.05, 3.63) is 43.4 Å². The lowest BCUT2D eigenvalue weighted by Crippen LogP contribution is -2.21. The summed E-state index contributed by atoms with van der Waals surface area (Å²) in [5, 5.41) is 0. The van der Waals surface area contributed by atoms with Gasteiger partial charge in [-0.1, -0.05) is 12.1 Å². The third-order valence-electron chi connectivity index (χ3n) is 3.01. The zero-order valence-electron chi connectivity index (χ0n) is 8.96. The Kier molecular flexibility index (Phi) is 2.43. The minimum absolute atomic E-state index is 0.143. The second-order valence-electron chi connectivity index (χ2n) is 4.04. The van der Waals surface area contributed by atoms with Gasteiger partial charge in [0.1, 0.15) is 0 Å². The van der Waals surface area contributed by atoms with Crippen LogP contribution in [0.1, 0.15) is 11.3 Å². The fourth-order valence-corrected chi connectivity index (χ4v) is 3.06. The summed E-state index contributed by atoms with van der Waals surface area (Å²) in [6.45, 7) is 0. The summed E-state index contributed by atoms with van der Waals surface area (Å²) < 4.78 is 1.20. The predicted octanol–water partition coefficient (Wildman–Crippen LogP) is 1.72. The molecule has 2 aromatic rings. The van der Waals surface area contributed by atoms with Crippen LogP contribution in [0, 0.1) is 3.57 Å². The molecular formula is C12H10IN3O. The molecule has 1 aromatic heterocycles. The first kappa shape index (κ1) is 10.8. The molecule has 0 spiro atoms. The highest BCUT2D eigenvalue weighted by Crippen LogP contribution is 2.32. The average Bonchev–Trinajstić information content (AvgIpc) is 2.28. The summed E-state index contributed by atoms with van der Waals surface area (Å²) in [4.78, 5) is 18.8. The van der Waals surface area contributed by atoms with Crippen LogP contribution in [-0.4, -0.2) is 9.97 Å². The number of aromatic nitrogens is 2. The second kappa shape index (κ2) is 3.83. The van der Waals surface area contributed by atoms with Crippen molar-refractivity contribution in [3.8, 4) is 11.1 Å². The summed E-state index contributed by atoms with van der Waals surface area (Å²) in [6, 6.07) is 6.00. The molecule has 0 aliphatic heterocycles. The molecule has 0 unspecified atom stereocenters. The molecule has 1 heterocycles. The van der Waals surface area contributed by atoms with Crippen molar-refractivity contribution in [2.45, 2.75) is 12.8 Å². The second-order valence-corrected chi connectivity index (χ2v) is 5.20. The van der Waals surface area contributed by atoms with E-state index in [-0.39, 0.29) is 11.5 Å². The maximum absolute atomic E-state index is 12.0. The molecule has 0 atom stereocenters. The van der Waals surface area contributed by atoms with E-state index in [0.29, 0.717) is 5.56 Å². The first-order valence-corrected chi connectivity index (χ1v) is 6.41. The van der Waals surface area contributed by atoms with Crippen molar-refractivity contribution < 1.29 is 0 Å². The van der Waals surface area contributed by atoms with Crippen molar-refractivity contribution in [2.24, 2.45) is 0 Å². The number of fused-ring (bicyclic) bond motifs is 3. The Balaban J connectivity index is 2.37. The van der Waals surface area contributed by atoms with E-state index >= 15 is 0 Å². The van der Waals surface area contributed by atoms with Crippen LogP contribution in [0.5, 0.6) is 0 Å². The number of hydrogen-bond donors (Lipinski definition) is 2. The average molecular weight is 339 g/mol. The molecule has 0 radical (unpaired) electrons. The quantitative estimate of drug-likeness (QED) is 0.718. The number of anilines is 1. The van der Waals surface area contributed by atoms with Gasteiger partial charge in [-0.25, -0.2) is 4.98 Å². The maximum atomic E-state index is 12.0. The van der Waals surface area contributed by atoms with Gasteiger partial charge in [0.25, 0.3) is 5.56 Å². The van der Waals surface area contributed by atoms with Crippen LogP contribution >= 0.6 is 22.6 Å². The molecule has 86 valence electrons. The van der Waals surface area contributed by atoms with Crippen molar-refractivity contribution in [1.82, 2.24) is 9.97 Å². The minimum Gasteiger partial charge on any atom is -0.369 e. The predicted molar refractivity (Wildman–Crippen MR) is 74.8 cm³/mol. The van der Waals surface area contributed by atoms with Crippen LogP contribution < -0.4 is 11.3 Å². The van der Waals surface area contributed by atoms with E-state index in [2.05, 4.69) is 38.6 Å². The van der Waals surface area contributed by atoms with Gasteiger partial charge in [-0.3, -0.25) is 9.78 Å². The number of nitrogens with two attached hydrogens (primary N) is 1. The van der Waals surface area contributed by atoms with Gasteiger partial charge in [0.05, 0.1) is 11.3 Å². The largest absolute Gasteiger partial charge is 0.369 e. The minimum atomic E-state index is -0.143. The van der Waals surface area contributed by atoms with E-state index in [9.17, 15) is 4.79 Å². The normalized spacial score (nSPS) is 13.0. The summed E-state index contributed by atoms with van der Waals surface area (Å²) >= 11 is 2.30. The molecular weight excluding hydrogens is 329 g/mol. The molecule has 4 nitrogen and oxygen atoms in total. The number of nitrogen functional groups attached to an aromatic ring is 1.